The van der Waals surface area contributed by atoms with Crippen molar-refractivity contribution in [2.24, 2.45) is 0 Å². The number of benzene rings is 2. The van der Waals surface area contributed by atoms with Crippen LogP contribution in [-0.2, 0) is 11.2 Å². The summed E-state index contributed by atoms with van der Waals surface area (Å²) in [6.07, 6.45) is 2.13. The normalized spacial score (nSPS) is 16.2. The van der Waals surface area contributed by atoms with E-state index >= 15 is 0 Å². The van der Waals surface area contributed by atoms with Gasteiger partial charge in [-0.2, -0.15) is 0 Å². The standard InChI is InChI=1S/C23H24FN3O3S/c1-29-19-10-9-15(12-20(19)30-2)13-21(28)27-11-5-6-16(14-27)22-25-26-23(31-22)17-7-3-4-8-18(17)24/h3-4,7-10,12,16H,5-6,11,13-14H2,1-2H3/t16-/m0/s1. The van der Waals surface area contributed by atoms with Crippen molar-refractivity contribution in [3.05, 3.63) is 58.9 Å². The molecule has 0 bridgehead atoms. The summed E-state index contributed by atoms with van der Waals surface area (Å²) >= 11 is 1.40. The molecule has 1 saturated heterocycles. The average molecular weight is 442 g/mol. The summed E-state index contributed by atoms with van der Waals surface area (Å²) in [7, 11) is 3.16. The van der Waals surface area contributed by atoms with Gasteiger partial charge in [-0.1, -0.05) is 29.5 Å². The number of rotatable bonds is 6. The van der Waals surface area contributed by atoms with Gasteiger partial charge in [0, 0.05) is 24.6 Å². The Hall–Kier alpha value is -3.00. The highest BCUT2D eigenvalue weighted by Gasteiger charge is 2.28. The highest BCUT2D eigenvalue weighted by Crippen LogP contribution is 2.34. The van der Waals surface area contributed by atoms with Crippen LogP contribution in [0.25, 0.3) is 10.6 Å². The lowest BCUT2D eigenvalue weighted by Crippen LogP contribution is -2.39. The molecular weight excluding hydrogens is 417 g/mol. The van der Waals surface area contributed by atoms with Gasteiger partial charge < -0.3 is 14.4 Å². The van der Waals surface area contributed by atoms with Crippen LogP contribution in [0.5, 0.6) is 11.5 Å². The lowest BCUT2D eigenvalue weighted by Gasteiger charge is -2.31. The molecule has 1 atom stereocenters. The smallest absolute Gasteiger partial charge is 0.227 e. The largest absolute Gasteiger partial charge is 0.493 e. The molecule has 8 heteroatoms. The average Bonchev–Trinajstić information content (AvgIpc) is 3.29. The van der Waals surface area contributed by atoms with Crippen LogP contribution in [0, 0.1) is 5.82 Å². The van der Waals surface area contributed by atoms with E-state index in [0.717, 1.165) is 30.0 Å². The zero-order chi connectivity index (χ0) is 21.8. The molecule has 2 aromatic carbocycles. The van der Waals surface area contributed by atoms with Gasteiger partial charge in [0.2, 0.25) is 5.91 Å². The second-order valence-corrected chi connectivity index (χ2v) is 8.48. The molecule has 0 saturated carbocycles. The fourth-order valence-corrected chi connectivity index (χ4v) is 4.82. The highest BCUT2D eigenvalue weighted by molar-refractivity contribution is 7.14. The predicted octanol–water partition coefficient (Wildman–Crippen LogP) is 4.31. The summed E-state index contributed by atoms with van der Waals surface area (Å²) < 4.78 is 24.7. The third kappa shape index (κ3) is 4.69. The van der Waals surface area contributed by atoms with Gasteiger partial charge in [-0.3, -0.25) is 4.79 Å². The van der Waals surface area contributed by atoms with Crippen LogP contribution in [-0.4, -0.2) is 48.3 Å². The number of hydrogen-bond acceptors (Lipinski definition) is 6. The fraction of sp³-hybridized carbons (Fsp3) is 0.348. The minimum atomic E-state index is -0.305. The first-order chi connectivity index (χ1) is 15.1. The van der Waals surface area contributed by atoms with E-state index in [2.05, 4.69) is 10.2 Å². The van der Waals surface area contributed by atoms with Crippen molar-refractivity contribution in [3.8, 4) is 22.1 Å². The summed E-state index contributed by atoms with van der Waals surface area (Å²) in [5, 5.41) is 9.93. The quantitative estimate of drug-likeness (QED) is 0.570. The monoisotopic (exact) mass is 441 g/mol. The molecule has 162 valence electrons. The Balaban J connectivity index is 1.44. The van der Waals surface area contributed by atoms with Gasteiger partial charge in [-0.05, 0) is 42.7 Å². The number of nitrogens with zero attached hydrogens (tertiary/aromatic N) is 3. The molecule has 31 heavy (non-hydrogen) atoms. The third-order valence-corrected chi connectivity index (χ3v) is 6.59. The van der Waals surface area contributed by atoms with Crippen molar-refractivity contribution in [3.63, 3.8) is 0 Å². The van der Waals surface area contributed by atoms with E-state index in [1.54, 1.807) is 32.4 Å². The molecule has 1 aliphatic rings. The van der Waals surface area contributed by atoms with Crippen LogP contribution in [0.3, 0.4) is 0 Å². The van der Waals surface area contributed by atoms with E-state index < -0.39 is 0 Å². The lowest BCUT2D eigenvalue weighted by atomic mass is 9.98. The minimum Gasteiger partial charge on any atom is -0.493 e. The second kappa shape index (κ2) is 9.43. The number of carbonyl (C=O) groups is 1. The maximum absolute atomic E-state index is 14.1. The van der Waals surface area contributed by atoms with E-state index in [4.69, 9.17) is 9.47 Å². The Morgan fingerprint density at radius 1 is 1.16 bits per heavy atom. The molecule has 1 fully saturated rings. The van der Waals surface area contributed by atoms with E-state index in [1.807, 2.05) is 23.1 Å². The van der Waals surface area contributed by atoms with E-state index in [9.17, 15) is 9.18 Å². The van der Waals surface area contributed by atoms with Gasteiger partial charge in [0.15, 0.2) is 16.5 Å². The number of carbonyl (C=O) groups excluding carboxylic acids is 1. The summed E-state index contributed by atoms with van der Waals surface area (Å²) in [5.74, 6) is 1.12. The number of ether oxygens (including phenoxy) is 2. The second-order valence-electron chi connectivity index (χ2n) is 7.47. The van der Waals surface area contributed by atoms with Crippen molar-refractivity contribution in [1.29, 1.82) is 0 Å². The van der Waals surface area contributed by atoms with E-state index in [0.29, 0.717) is 35.0 Å². The van der Waals surface area contributed by atoms with Gasteiger partial charge in [0.1, 0.15) is 10.8 Å². The van der Waals surface area contributed by atoms with Crippen LogP contribution in [0.15, 0.2) is 42.5 Å². The Morgan fingerprint density at radius 2 is 1.97 bits per heavy atom. The molecule has 0 N–H and O–H groups in total. The predicted molar refractivity (Wildman–Crippen MR) is 117 cm³/mol. The van der Waals surface area contributed by atoms with Gasteiger partial charge in [-0.25, -0.2) is 4.39 Å². The molecule has 0 spiro atoms. The number of likely N-dealkylation sites (tertiary alicyclic amines) is 1. The van der Waals surface area contributed by atoms with Crippen molar-refractivity contribution < 1.29 is 18.7 Å². The van der Waals surface area contributed by atoms with E-state index in [1.165, 1.54) is 17.4 Å². The molecule has 4 rings (SSSR count). The molecule has 0 aliphatic carbocycles. The van der Waals surface area contributed by atoms with Crippen molar-refractivity contribution in [2.45, 2.75) is 25.2 Å². The number of piperidine rings is 1. The highest BCUT2D eigenvalue weighted by atomic mass is 32.1. The lowest BCUT2D eigenvalue weighted by molar-refractivity contribution is -0.131. The van der Waals surface area contributed by atoms with Crippen molar-refractivity contribution in [2.75, 3.05) is 27.3 Å². The Bertz CT molecular complexity index is 1070. The van der Waals surface area contributed by atoms with Crippen LogP contribution in [0.2, 0.25) is 0 Å². The molecule has 0 unspecified atom stereocenters. The molecule has 1 amide bonds. The summed E-state index contributed by atoms with van der Waals surface area (Å²) in [4.78, 5) is 14.8. The molecular formula is C23H24FN3O3S. The number of halogens is 1. The van der Waals surface area contributed by atoms with Crippen LogP contribution in [0.1, 0.15) is 29.3 Å². The number of amides is 1. The molecule has 1 aromatic heterocycles. The summed E-state index contributed by atoms with van der Waals surface area (Å²) in [5.41, 5.74) is 1.34. The molecule has 1 aliphatic heterocycles. The first-order valence-corrected chi connectivity index (χ1v) is 11.0. The first-order valence-electron chi connectivity index (χ1n) is 10.2. The minimum absolute atomic E-state index is 0.0655. The summed E-state index contributed by atoms with van der Waals surface area (Å²) in [6.45, 7) is 1.32. The molecule has 2 heterocycles. The SMILES string of the molecule is COc1ccc(CC(=O)N2CCC[C@H](c3nnc(-c4ccccc4F)s3)C2)cc1OC. The fourth-order valence-electron chi connectivity index (χ4n) is 3.83. The first kappa shape index (κ1) is 21.2. The molecule has 3 aromatic rings. The van der Waals surface area contributed by atoms with Gasteiger partial charge >= 0.3 is 0 Å². The Morgan fingerprint density at radius 3 is 2.74 bits per heavy atom. The zero-order valence-electron chi connectivity index (χ0n) is 17.5. The van der Waals surface area contributed by atoms with E-state index in [-0.39, 0.29) is 17.6 Å². The zero-order valence-corrected chi connectivity index (χ0v) is 18.3. The topological polar surface area (TPSA) is 64.5 Å². The maximum atomic E-state index is 14.1. The summed E-state index contributed by atoms with van der Waals surface area (Å²) in [6, 6.07) is 12.1. The third-order valence-electron chi connectivity index (χ3n) is 5.47. The van der Waals surface area contributed by atoms with Crippen LogP contribution < -0.4 is 9.47 Å². The van der Waals surface area contributed by atoms with Gasteiger partial charge in [-0.15, -0.1) is 10.2 Å². The maximum Gasteiger partial charge on any atom is 0.227 e. The number of hydrogen-bond donors (Lipinski definition) is 0. The Kier molecular flexibility index (Phi) is 6.46. The number of methoxy groups -OCH3 is 2. The van der Waals surface area contributed by atoms with Crippen molar-refractivity contribution >= 4 is 17.2 Å². The van der Waals surface area contributed by atoms with Crippen LogP contribution in [0.4, 0.5) is 4.39 Å². The van der Waals surface area contributed by atoms with Crippen LogP contribution >= 0.6 is 11.3 Å². The van der Waals surface area contributed by atoms with Gasteiger partial charge in [0.25, 0.3) is 0 Å². The Labute approximate surface area is 184 Å². The molecule has 6 nitrogen and oxygen atoms in total. The van der Waals surface area contributed by atoms with Crippen molar-refractivity contribution in [1.82, 2.24) is 15.1 Å². The van der Waals surface area contributed by atoms with Gasteiger partial charge in [0.05, 0.1) is 20.6 Å². The number of aromatic nitrogens is 2. The molecule has 0 radical (unpaired) electrons.